The molecule has 0 bridgehead atoms. The van der Waals surface area contributed by atoms with Crippen molar-refractivity contribution < 1.29 is 4.79 Å². The fraction of sp³-hybridized carbons (Fsp3) is 0.100. The lowest BCUT2D eigenvalue weighted by atomic mass is 9.98. The molecule has 1 aromatic carbocycles. The van der Waals surface area contributed by atoms with Crippen LogP contribution in [0.25, 0.3) is 22.0 Å². The summed E-state index contributed by atoms with van der Waals surface area (Å²) in [6.07, 6.45) is 3.59. The summed E-state index contributed by atoms with van der Waals surface area (Å²) in [6, 6.07) is 11.6. The summed E-state index contributed by atoms with van der Waals surface area (Å²) in [7, 11) is 0. The van der Waals surface area contributed by atoms with Crippen LogP contribution < -0.4 is 5.32 Å². The number of hydrogen-bond donors (Lipinski definition) is 1. The predicted octanol–water partition coefficient (Wildman–Crippen LogP) is 4.62. The van der Waals surface area contributed by atoms with E-state index in [2.05, 4.69) is 20.3 Å². The molecule has 4 aromatic rings. The van der Waals surface area contributed by atoms with Crippen LogP contribution in [0.3, 0.4) is 0 Å². The number of benzene rings is 1. The lowest BCUT2D eigenvalue weighted by Crippen LogP contribution is -2.14. The number of para-hydroxylation sites is 1. The van der Waals surface area contributed by atoms with Gasteiger partial charge in [0.15, 0.2) is 5.13 Å². The Morgan fingerprint density at radius 1 is 1.08 bits per heavy atom. The first kappa shape index (κ1) is 16.4. The molecule has 26 heavy (non-hydrogen) atoms. The third-order valence-electron chi connectivity index (χ3n) is 4.12. The van der Waals surface area contributed by atoms with Crippen molar-refractivity contribution in [2.45, 2.75) is 13.8 Å². The highest BCUT2D eigenvalue weighted by Crippen LogP contribution is 2.30. The molecule has 0 aliphatic rings. The van der Waals surface area contributed by atoms with Crippen molar-refractivity contribution in [1.29, 1.82) is 0 Å². The molecule has 1 N–H and O–H groups in total. The minimum Gasteiger partial charge on any atom is -0.296 e. The summed E-state index contributed by atoms with van der Waals surface area (Å²) in [5, 5.41) is 6.29. The third kappa shape index (κ3) is 3.07. The molecule has 6 heteroatoms. The molecule has 3 heterocycles. The number of hydrogen-bond acceptors (Lipinski definition) is 5. The minimum absolute atomic E-state index is 0.270. The van der Waals surface area contributed by atoms with E-state index in [0.717, 1.165) is 33.3 Å². The van der Waals surface area contributed by atoms with Crippen molar-refractivity contribution in [3.8, 4) is 11.1 Å². The molecule has 0 saturated carbocycles. The summed E-state index contributed by atoms with van der Waals surface area (Å²) in [5.74, 6) is -0.270. The summed E-state index contributed by atoms with van der Waals surface area (Å²) in [5.41, 5.74) is 5.04. The number of carbonyl (C=O) groups excluding carboxylic acids is 1. The van der Waals surface area contributed by atoms with Gasteiger partial charge in [-0.3, -0.25) is 15.1 Å². The zero-order valence-corrected chi connectivity index (χ0v) is 15.2. The van der Waals surface area contributed by atoms with E-state index in [1.54, 1.807) is 6.20 Å². The summed E-state index contributed by atoms with van der Waals surface area (Å²) in [4.78, 5) is 25.8. The molecule has 0 spiro atoms. The average molecular weight is 360 g/mol. The second kappa shape index (κ2) is 6.65. The number of thiazole rings is 1. The molecule has 4 rings (SSSR count). The molecule has 0 aliphatic heterocycles. The van der Waals surface area contributed by atoms with Crippen LogP contribution in [-0.2, 0) is 0 Å². The van der Waals surface area contributed by atoms with E-state index in [0.29, 0.717) is 10.8 Å². The van der Waals surface area contributed by atoms with E-state index in [4.69, 9.17) is 0 Å². The zero-order valence-electron chi connectivity index (χ0n) is 14.4. The number of nitrogens with one attached hydrogen (secondary N) is 1. The number of pyridine rings is 2. The third-order valence-corrected chi connectivity index (χ3v) is 4.99. The zero-order chi connectivity index (χ0) is 18.1. The van der Waals surface area contributed by atoms with Crippen LogP contribution in [0, 0.1) is 13.8 Å². The van der Waals surface area contributed by atoms with Crippen LogP contribution in [-0.4, -0.2) is 20.9 Å². The van der Waals surface area contributed by atoms with Crippen molar-refractivity contribution >= 4 is 33.3 Å². The Morgan fingerprint density at radius 3 is 2.69 bits per heavy atom. The Hall–Kier alpha value is -3.12. The van der Waals surface area contributed by atoms with Crippen molar-refractivity contribution in [2.24, 2.45) is 0 Å². The maximum absolute atomic E-state index is 12.7. The molecule has 0 unspecified atom stereocenters. The molecular formula is C20H16N4OS. The highest BCUT2D eigenvalue weighted by atomic mass is 32.1. The van der Waals surface area contributed by atoms with Crippen LogP contribution in [0.2, 0.25) is 0 Å². The lowest BCUT2D eigenvalue weighted by Gasteiger charge is -2.11. The molecule has 0 radical (unpaired) electrons. The van der Waals surface area contributed by atoms with E-state index in [1.165, 1.54) is 11.3 Å². The first-order valence-corrected chi connectivity index (χ1v) is 9.04. The number of aromatic nitrogens is 3. The van der Waals surface area contributed by atoms with Gasteiger partial charge >= 0.3 is 0 Å². The molecular weight excluding hydrogens is 344 g/mol. The van der Waals surface area contributed by atoms with Gasteiger partial charge in [-0.2, -0.15) is 0 Å². The number of fused-ring (bicyclic) bond motifs is 1. The van der Waals surface area contributed by atoms with Crippen LogP contribution in [0.5, 0.6) is 0 Å². The highest BCUT2D eigenvalue weighted by Gasteiger charge is 2.15. The summed E-state index contributed by atoms with van der Waals surface area (Å²) >= 11 is 1.40. The summed E-state index contributed by atoms with van der Waals surface area (Å²) < 4.78 is 0. The number of carbonyl (C=O) groups is 1. The van der Waals surface area contributed by atoms with E-state index in [-0.39, 0.29) is 5.91 Å². The van der Waals surface area contributed by atoms with Gasteiger partial charge in [0.25, 0.3) is 5.91 Å². The highest BCUT2D eigenvalue weighted by molar-refractivity contribution is 7.13. The quantitative estimate of drug-likeness (QED) is 0.579. The monoisotopic (exact) mass is 360 g/mol. The Morgan fingerprint density at radius 2 is 1.92 bits per heavy atom. The van der Waals surface area contributed by atoms with Crippen LogP contribution in [0.4, 0.5) is 5.13 Å². The van der Waals surface area contributed by atoms with E-state index >= 15 is 0 Å². The van der Waals surface area contributed by atoms with Crippen LogP contribution >= 0.6 is 11.3 Å². The Kier molecular flexibility index (Phi) is 4.18. The van der Waals surface area contributed by atoms with Crippen molar-refractivity contribution in [2.75, 3.05) is 5.32 Å². The molecule has 0 fully saturated rings. The number of amides is 1. The van der Waals surface area contributed by atoms with Gasteiger partial charge in [0, 0.05) is 28.7 Å². The van der Waals surface area contributed by atoms with Gasteiger partial charge in [0.05, 0.1) is 11.2 Å². The van der Waals surface area contributed by atoms with Crippen molar-refractivity contribution in [3.63, 3.8) is 0 Å². The summed E-state index contributed by atoms with van der Waals surface area (Å²) in [6.45, 7) is 3.92. The molecule has 0 atom stereocenters. The lowest BCUT2D eigenvalue weighted by molar-refractivity contribution is 0.102. The number of anilines is 1. The molecule has 0 aliphatic carbocycles. The molecule has 128 valence electrons. The first-order chi connectivity index (χ1) is 12.6. The number of rotatable bonds is 3. The number of nitrogens with zero attached hydrogens (tertiary/aromatic N) is 3. The van der Waals surface area contributed by atoms with Crippen molar-refractivity contribution in [3.05, 3.63) is 71.1 Å². The topological polar surface area (TPSA) is 67.8 Å². The molecule has 5 nitrogen and oxygen atoms in total. The minimum atomic E-state index is -0.270. The average Bonchev–Trinajstić information content (AvgIpc) is 3.06. The van der Waals surface area contributed by atoms with Gasteiger partial charge in [-0.05, 0) is 43.2 Å². The van der Waals surface area contributed by atoms with Gasteiger partial charge < -0.3 is 0 Å². The molecule has 3 aromatic heterocycles. The van der Waals surface area contributed by atoms with Gasteiger partial charge in [0.2, 0.25) is 0 Å². The van der Waals surface area contributed by atoms with Gasteiger partial charge in [-0.1, -0.05) is 18.2 Å². The van der Waals surface area contributed by atoms with Crippen molar-refractivity contribution in [1.82, 2.24) is 15.0 Å². The van der Waals surface area contributed by atoms with Gasteiger partial charge in [-0.25, -0.2) is 9.97 Å². The SMILES string of the molecule is Cc1csc(NC(=O)c2cc(-c3cnccc3C)c3ccccc3n2)n1. The van der Waals surface area contributed by atoms with Crippen LogP contribution in [0.1, 0.15) is 21.7 Å². The Labute approximate surface area is 154 Å². The fourth-order valence-electron chi connectivity index (χ4n) is 2.83. The normalized spacial score (nSPS) is 10.8. The standard InChI is InChI=1S/C20H16N4OS/c1-12-7-8-21-10-16(12)15-9-18(23-17-6-4-3-5-14(15)17)19(25)24-20-22-13(2)11-26-20/h3-11H,1-2H3,(H,22,24,25). The van der Waals surface area contributed by atoms with Crippen LogP contribution in [0.15, 0.2) is 54.2 Å². The predicted molar refractivity (Wildman–Crippen MR) is 105 cm³/mol. The van der Waals surface area contributed by atoms with Gasteiger partial charge in [0.1, 0.15) is 5.69 Å². The molecule has 0 saturated heterocycles. The Balaban J connectivity index is 1.84. The second-order valence-corrected chi connectivity index (χ2v) is 6.87. The first-order valence-electron chi connectivity index (χ1n) is 8.16. The van der Waals surface area contributed by atoms with E-state index in [1.807, 2.05) is 61.8 Å². The largest absolute Gasteiger partial charge is 0.296 e. The maximum Gasteiger partial charge on any atom is 0.276 e. The second-order valence-electron chi connectivity index (χ2n) is 6.01. The smallest absolute Gasteiger partial charge is 0.276 e. The fourth-order valence-corrected chi connectivity index (χ4v) is 3.52. The van der Waals surface area contributed by atoms with E-state index < -0.39 is 0 Å². The number of aryl methyl sites for hydroxylation is 2. The maximum atomic E-state index is 12.7. The molecule has 1 amide bonds. The van der Waals surface area contributed by atoms with E-state index in [9.17, 15) is 4.79 Å². The van der Waals surface area contributed by atoms with Gasteiger partial charge in [-0.15, -0.1) is 11.3 Å². The Bertz CT molecular complexity index is 1120.